The van der Waals surface area contributed by atoms with E-state index in [0.29, 0.717) is 16.8 Å². The Morgan fingerprint density at radius 3 is 2.76 bits per heavy atom. The Hall–Kier alpha value is -2.30. The van der Waals surface area contributed by atoms with Gasteiger partial charge in [-0.1, -0.05) is 0 Å². The van der Waals surface area contributed by atoms with Gasteiger partial charge in [-0.3, -0.25) is 9.78 Å². The number of methoxy groups -OCH3 is 1. The quantitative estimate of drug-likeness (QED) is 0.760. The van der Waals surface area contributed by atoms with Crippen LogP contribution in [-0.4, -0.2) is 18.0 Å². The number of pyridine rings is 1. The van der Waals surface area contributed by atoms with Gasteiger partial charge in [0, 0.05) is 11.6 Å². The summed E-state index contributed by atoms with van der Waals surface area (Å²) in [4.78, 5) is 15.3. The van der Waals surface area contributed by atoms with E-state index in [-0.39, 0.29) is 5.69 Å². The van der Waals surface area contributed by atoms with E-state index in [1.54, 1.807) is 6.07 Å². The zero-order valence-corrected chi connectivity index (χ0v) is 9.65. The van der Waals surface area contributed by atoms with Gasteiger partial charge < -0.3 is 16.2 Å². The third-order valence-electron chi connectivity index (χ3n) is 2.66. The highest BCUT2D eigenvalue weighted by Gasteiger charge is 2.15. The third-order valence-corrected chi connectivity index (χ3v) is 2.66. The molecule has 0 unspecified atom stereocenters. The molecule has 0 bridgehead atoms. The minimum Gasteiger partial charge on any atom is -0.494 e. The fraction of sp³-hybridized carbons (Fsp3) is 0.167. The first-order valence-corrected chi connectivity index (χ1v) is 5.08. The fourth-order valence-corrected chi connectivity index (χ4v) is 1.96. The van der Waals surface area contributed by atoms with Crippen molar-refractivity contribution < 1.29 is 9.53 Å². The number of primary amides is 1. The lowest BCUT2D eigenvalue weighted by atomic mass is 10.0. The van der Waals surface area contributed by atoms with E-state index in [1.165, 1.54) is 13.3 Å². The van der Waals surface area contributed by atoms with Crippen LogP contribution in [0, 0.1) is 6.92 Å². The molecule has 5 heteroatoms. The molecule has 1 amide bonds. The second-order valence-electron chi connectivity index (χ2n) is 3.76. The summed E-state index contributed by atoms with van der Waals surface area (Å²) in [6.45, 7) is 1.89. The number of nitrogens with zero attached hydrogens (tertiary/aromatic N) is 1. The van der Waals surface area contributed by atoms with Crippen LogP contribution in [0.1, 0.15) is 16.1 Å². The van der Waals surface area contributed by atoms with Gasteiger partial charge in [0.15, 0.2) is 0 Å². The molecule has 0 atom stereocenters. The number of carbonyl (C=O) groups is 1. The summed E-state index contributed by atoms with van der Waals surface area (Å²) in [5.41, 5.74) is 12.7. The van der Waals surface area contributed by atoms with Gasteiger partial charge in [0.2, 0.25) is 0 Å². The smallest absolute Gasteiger partial charge is 0.268 e. The molecule has 0 saturated heterocycles. The highest BCUT2D eigenvalue weighted by Crippen LogP contribution is 2.35. The summed E-state index contributed by atoms with van der Waals surface area (Å²) in [5, 5.41) is 1.37. The van der Waals surface area contributed by atoms with Crippen molar-refractivity contribution in [2.45, 2.75) is 6.92 Å². The Kier molecular flexibility index (Phi) is 2.59. The molecule has 0 aliphatic heterocycles. The maximum absolute atomic E-state index is 11.3. The van der Waals surface area contributed by atoms with Crippen LogP contribution in [0.25, 0.3) is 10.8 Å². The number of nitrogen functional groups attached to an aromatic ring is 1. The number of aryl methyl sites for hydroxylation is 1. The van der Waals surface area contributed by atoms with Crippen LogP contribution < -0.4 is 16.2 Å². The average molecular weight is 231 g/mol. The van der Waals surface area contributed by atoms with E-state index in [2.05, 4.69) is 4.98 Å². The molecule has 0 radical (unpaired) electrons. The zero-order valence-electron chi connectivity index (χ0n) is 9.65. The number of benzene rings is 1. The number of aromatic nitrogens is 1. The van der Waals surface area contributed by atoms with Crippen molar-refractivity contribution >= 4 is 22.4 Å². The third kappa shape index (κ3) is 1.65. The Morgan fingerprint density at radius 1 is 1.47 bits per heavy atom. The Bertz CT molecular complexity index is 608. The Balaban J connectivity index is 2.94. The molecule has 5 nitrogen and oxygen atoms in total. The first-order valence-electron chi connectivity index (χ1n) is 5.08. The van der Waals surface area contributed by atoms with Crippen molar-refractivity contribution in [2.24, 2.45) is 5.73 Å². The topological polar surface area (TPSA) is 91.2 Å². The van der Waals surface area contributed by atoms with E-state index in [4.69, 9.17) is 16.2 Å². The van der Waals surface area contributed by atoms with E-state index >= 15 is 0 Å². The molecular weight excluding hydrogens is 218 g/mol. The number of anilines is 1. The van der Waals surface area contributed by atoms with Crippen molar-refractivity contribution in [3.05, 3.63) is 29.6 Å². The van der Waals surface area contributed by atoms with Crippen molar-refractivity contribution in [1.29, 1.82) is 0 Å². The standard InChI is InChI=1S/C12H13N3O2/c1-6-5-7-3-4-15-10(12(14)16)8(7)9(13)11(6)17-2/h3-5H,13H2,1-2H3,(H2,14,16). The van der Waals surface area contributed by atoms with Gasteiger partial charge >= 0.3 is 0 Å². The second kappa shape index (κ2) is 3.93. The fourth-order valence-electron chi connectivity index (χ4n) is 1.96. The first kappa shape index (κ1) is 11.2. The molecule has 0 aliphatic rings. The van der Waals surface area contributed by atoms with Crippen LogP contribution in [-0.2, 0) is 0 Å². The van der Waals surface area contributed by atoms with Gasteiger partial charge in [-0.05, 0) is 30.0 Å². The molecule has 1 heterocycles. The molecular formula is C12H13N3O2. The van der Waals surface area contributed by atoms with Crippen molar-refractivity contribution in [1.82, 2.24) is 4.98 Å². The lowest BCUT2D eigenvalue weighted by Crippen LogP contribution is -2.14. The number of carbonyl (C=O) groups excluding carboxylic acids is 1. The average Bonchev–Trinajstić information content (AvgIpc) is 2.28. The van der Waals surface area contributed by atoms with E-state index in [9.17, 15) is 4.79 Å². The zero-order chi connectivity index (χ0) is 12.6. The van der Waals surface area contributed by atoms with Crippen LogP contribution in [0.3, 0.4) is 0 Å². The number of amides is 1. The number of hydrogen-bond donors (Lipinski definition) is 2. The van der Waals surface area contributed by atoms with Crippen LogP contribution in [0.4, 0.5) is 5.69 Å². The normalized spacial score (nSPS) is 10.5. The number of fused-ring (bicyclic) bond motifs is 1. The first-order chi connectivity index (χ1) is 8.06. The van der Waals surface area contributed by atoms with Gasteiger partial charge in [0.1, 0.15) is 11.4 Å². The highest BCUT2D eigenvalue weighted by atomic mass is 16.5. The van der Waals surface area contributed by atoms with E-state index in [0.717, 1.165) is 10.9 Å². The molecule has 0 spiro atoms. The number of rotatable bonds is 2. The summed E-state index contributed by atoms with van der Waals surface area (Å²) in [7, 11) is 1.53. The van der Waals surface area contributed by atoms with Crippen LogP contribution in [0.2, 0.25) is 0 Å². The Morgan fingerprint density at radius 2 is 2.18 bits per heavy atom. The molecule has 88 valence electrons. The molecule has 2 aromatic rings. The molecule has 1 aromatic heterocycles. The molecule has 4 N–H and O–H groups in total. The molecule has 2 rings (SSSR count). The minimum atomic E-state index is -0.604. The van der Waals surface area contributed by atoms with Gasteiger partial charge in [-0.25, -0.2) is 0 Å². The SMILES string of the molecule is COc1c(C)cc2ccnc(C(N)=O)c2c1N. The monoisotopic (exact) mass is 231 g/mol. The maximum atomic E-state index is 11.3. The Labute approximate surface area is 98.4 Å². The van der Waals surface area contributed by atoms with Gasteiger partial charge in [-0.15, -0.1) is 0 Å². The van der Waals surface area contributed by atoms with E-state index < -0.39 is 5.91 Å². The predicted octanol–water partition coefficient (Wildman–Crippen LogP) is 1.23. The molecule has 0 aliphatic carbocycles. The molecule has 17 heavy (non-hydrogen) atoms. The van der Waals surface area contributed by atoms with Crippen molar-refractivity contribution in [2.75, 3.05) is 12.8 Å². The van der Waals surface area contributed by atoms with Crippen molar-refractivity contribution in [3.8, 4) is 5.75 Å². The number of nitrogens with two attached hydrogens (primary N) is 2. The molecule has 1 aromatic carbocycles. The molecule has 0 fully saturated rings. The summed E-state index contributed by atoms with van der Waals surface area (Å²) >= 11 is 0. The van der Waals surface area contributed by atoms with Crippen LogP contribution in [0.15, 0.2) is 18.3 Å². The van der Waals surface area contributed by atoms with E-state index in [1.807, 2.05) is 13.0 Å². The second-order valence-corrected chi connectivity index (χ2v) is 3.76. The lowest BCUT2D eigenvalue weighted by molar-refractivity contribution is 0.0997. The highest BCUT2D eigenvalue weighted by molar-refractivity contribution is 6.10. The summed E-state index contributed by atoms with van der Waals surface area (Å²) < 4.78 is 5.21. The lowest BCUT2D eigenvalue weighted by Gasteiger charge is -2.12. The number of ether oxygens (including phenoxy) is 1. The van der Waals surface area contributed by atoms with Gasteiger partial charge in [0.05, 0.1) is 12.8 Å². The van der Waals surface area contributed by atoms with Crippen LogP contribution >= 0.6 is 0 Å². The summed E-state index contributed by atoms with van der Waals surface area (Å²) in [6, 6.07) is 3.67. The summed E-state index contributed by atoms with van der Waals surface area (Å²) in [6.07, 6.45) is 1.54. The van der Waals surface area contributed by atoms with Crippen molar-refractivity contribution in [3.63, 3.8) is 0 Å². The predicted molar refractivity (Wildman–Crippen MR) is 66.0 cm³/mol. The molecule has 0 saturated carbocycles. The van der Waals surface area contributed by atoms with Gasteiger partial charge in [-0.2, -0.15) is 0 Å². The maximum Gasteiger partial charge on any atom is 0.268 e. The number of hydrogen-bond acceptors (Lipinski definition) is 4. The largest absolute Gasteiger partial charge is 0.494 e. The minimum absolute atomic E-state index is 0.165. The van der Waals surface area contributed by atoms with Gasteiger partial charge in [0.25, 0.3) is 5.91 Å². The van der Waals surface area contributed by atoms with Crippen LogP contribution in [0.5, 0.6) is 5.75 Å². The summed E-state index contributed by atoms with van der Waals surface area (Å²) in [5.74, 6) is -0.0544.